The average Bonchev–Trinajstić information content (AvgIpc) is 3.30. The van der Waals surface area contributed by atoms with Crippen LogP contribution in [0, 0.1) is 0 Å². The summed E-state index contributed by atoms with van der Waals surface area (Å²) in [6, 6.07) is 5.64. The number of hydrogen-bond acceptors (Lipinski definition) is 5. The zero-order valence-corrected chi connectivity index (χ0v) is 17.6. The van der Waals surface area contributed by atoms with Crippen molar-refractivity contribution in [3.8, 4) is 0 Å². The Kier molecular flexibility index (Phi) is 6.31. The summed E-state index contributed by atoms with van der Waals surface area (Å²) in [5.74, 6) is 1.60. The van der Waals surface area contributed by atoms with E-state index in [1.807, 2.05) is 4.90 Å². The Bertz CT molecular complexity index is 910. The molecular weight excluding hydrogens is 409 g/mol. The molecule has 2 heterocycles. The summed E-state index contributed by atoms with van der Waals surface area (Å²) in [7, 11) is 0. The fourth-order valence-corrected chi connectivity index (χ4v) is 4.39. The van der Waals surface area contributed by atoms with Crippen LogP contribution >= 0.6 is 0 Å². The first-order valence-electron chi connectivity index (χ1n) is 10.8. The molecule has 1 aromatic heterocycles. The number of nitrogens with zero attached hydrogens (tertiary/aromatic N) is 4. The SMILES string of the molecule is CC(=O)N(CCc1noc(C2CCC2)n1)C1CCN(Cc2ccccc2C(F)(F)F)C1. The van der Waals surface area contributed by atoms with Gasteiger partial charge in [-0.3, -0.25) is 9.69 Å². The summed E-state index contributed by atoms with van der Waals surface area (Å²) >= 11 is 0. The van der Waals surface area contributed by atoms with E-state index in [2.05, 4.69) is 10.1 Å². The van der Waals surface area contributed by atoms with Gasteiger partial charge in [-0.2, -0.15) is 18.2 Å². The highest BCUT2D eigenvalue weighted by atomic mass is 19.4. The number of halogens is 3. The Morgan fingerprint density at radius 1 is 1.26 bits per heavy atom. The molecule has 1 aromatic carbocycles. The van der Waals surface area contributed by atoms with Gasteiger partial charge in [-0.15, -0.1) is 0 Å². The molecule has 1 atom stereocenters. The molecule has 0 bridgehead atoms. The average molecular weight is 436 g/mol. The number of hydrogen-bond donors (Lipinski definition) is 0. The molecule has 6 nitrogen and oxygen atoms in total. The quantitative estimate of drug-likeness (QED) is 0.656. The number of carbonyl (C=O) groups is 1. The van der Waals surface area contributed by atoms with E-state index in [0.717, 1.165) is 25.3 Å². The molecule has 1 saturated heterocycles. The highest BCUT2D eigenvalue weighted by Crippen LogP contribution is 2.35. The Hall–Kier alpha value is -2.42. The lowest BCUT2D eigenvalue weighted by molar-refractivity contribution is -0.138. The van der Waals surface area contributed by atoms with Crippen LogP contribution in [-0.4, -0.2) is 51.5 Å². The number of likely N-dealkylation sites (tertiary alicyclic amines) is 1. The largest absolute Gasteiger partial charge is 0.416 e. The van der Waals surface area contributed by atoms with Crippen molar-refractivity contribution in [1.29, 1.82) is 0 Å². The zero-order chi connectivity index (χ0) is 22.0. The maximum atomic E-state index is 13.3. The summed E-state index contributed by atoms with van der Waals surface area (Å²) < 4.78 is 45.2. The van der Waals surface area contributed by atoms with E-state index in [-0.39, 0.29) is 24.1 Å². The van der Waals surface area contributed by atoms with Crippen molar-refractivity contribution < 1.29 is 22.5 Å². The molecule has 0 radical (unpaired) electrons. The van der Waals surface area contributed by atoms with Gasteiger partial charge in [-0.25, -0.2) is 0 Å². The molecule has 0 spiro atoms. The molecule has 1 aliphatic heterocycles. The molecule has 1 amide bonds. The van der Waals surface area contributed by atoms with E-state index < -0.39 is 11.7 Å². The van der Waals surface area contributed by atoms with Gasteiger partial charge >= 0.3 is 6.18 Å². The van der Waals surface area contributed by atoms with Crippen LogP contribution in [-0.2, 0) is 23.9 Å². The van der Waals surface area contributed by atoms with Crippen molar-refractivity contribution in [3.05, 3.63) is 47.1 Å². The highest BCUT2D eigenvalue weighted by Gasteiger charge is 2.35. The van der Waals surface area contributed by atoms with Crippen molar-refractivity contribution in [2.24, 2.45) is 0 Å². The van der Waals surface area contributed by atoms with Crippen LogP contribution in [0.5, 0.6) is 0 Å². The Morgan fingerprint density at radius 2 is 2.03 bits per heavy atom. The van der Waals surface area contributed by atoms with E-state index in [1.54, 1.807) is 11.0 Å². The van der Waals surface area contributed by atoms with Gasteiger partial charge in [0.15, 0.2) is 5.82 Å². The van der Waals surface area contributed by atoms with Gasteiger partial charge in [0.2, 0.25) is 11.8 Å². The second kappa shape index (κ2) is 8.98. The lowest BCUT2D eigenvalue weighted by Crippen LogP contribution is -2.42. The zero-order valence-electron chi connectivity index (χ0n) is 17.6. The molecule has 4 rings (SSSR count). The van der Waals surface area contributed by atoms with Crippen LogP contribution in [0.2, 0.25) is 0 Å². The fourth-order valence-electron chi connectivity index (χ4n) is 4.39. The van der Waals surface area contributed by atoms with Crippen LogP contribution in [0.4, 0.5) is 13.2 Å². The van der Waals surface area contributed by atoms with Gasteiger partial charge in [0.25, 0.3) is 0 Å². The van der Waals surface area contributed by atoms with Crippen molar-refractivity contribution in [1.82, 2.24) is 19.9 Å². The lowest BCUT2D eigenvalue weighted by Gasteiger charge is -2.28. The van der Waals surface area contributed by atoms with Gasteiger partial charge in [-0.05, 0) is 30.9 Å². The number of benzene rings is 1. The molecule has 9 heteroatoms. The first-order chi connectivity index (χ1) is 14.8. The first kappa shape index (κ1) is 21.8. The predicted molar refractivity (Wildman–Crippen MR) is 107 cm³/mol. The minimum atomic E-state index is -4.37. The van der Waals surface area contributed by atoms with Gasteiger partial charge in [-0.1, -0.05) is 29.8 Å². The predicted octanol–water partition coefficient (Wildman–Crippen LogP) is 4.02. The second-order valence-electron chi connectivity index (χ2n) is 8.47. The highest BCUT2D eigenvalue weighted by molar-refractivity contribution is 5.73. The number of aromatic nitrogens is 2. The Morgan fingerprint density at radius 3 is 2.71 bits per heavy atom. The summed E-state index contributed by atoms with van der Waals surface area (Å²) in [6.45, 7) is 3.40. The van der Waals surface area contributed by atoms with Crippen LogP contribution in [0.3, 0.4) is 0 Å². The lowest BCUT2D eigenvalue weighted by atomic mass is 9.85. The third kappa shape index (κ3) is 5.08. The summed E-state index contributed by atoms with van der Waals surface area (Å²) in [5, 5.41) is 4.04. The molecule has 1 saturated carbocycles. The molecule has 0 N–H and O–H groups in total. The van der Waals surface area contributed by atoms with Gasteiger partial charge in [0, 0.05) is 51.5 Å². The smallest absolute Gasteiger partial charge is 0.339 e. The summed E-state index contributed by atoms with van der Waals surface area (Å²) in [4.78, 5) is 20.5. The minimum absolute atomic E-state index is 0.0337. The molecule has 1 unspecified atom stereocenters. The molecule has 31 heavy (non-hydrogen) atoms. The van der Waals surface area contributed by atoms with Crippen molar-refractivity contribution >= 4 is 5.91 Å². The third-order valence-electron chi connectivity index (χ3n) is 6.32. The molecule has 168 valence electrons. The number of carbonyl (C=O) groups excluding carboxylic acids is 1. The van der Waals surface area contributed by atoms with E-state index in [1.165, 1.54) is 25.5 Å². The van der Waals surface area contributed by atoms with E-state index in [4.69, 9.17) is 4.52 Å². The molecule has 2 aromatic rings. The third-order valence-corrected chi connectivity index (χ3v) is 6.32. The topological polar surface area (TPSA) is 62.5 Å². The molecule has 2 aliphatic rings. The van der Waals surface area contributed by atoms with Crippen molar-refractivity contribution in [2.45, 2.75) is 63.7 Å². The van der Waals surface area contributed by atoms with Crippen LogP contribution in [0.15, 0.2) is 28.8 Å². The first-order valence-corrected chi connectivity index (χ1v) is 10.8. The summed E-state index contributed by atoms with van der Waals surface area (Å²) in [6.07, 6.45) is 0.208. The van der Waals surface area contributed by atoms with E-state index in [0.29, 0.717) is 43.7 Å². The van der Waals surface area contributed by atoms with Gasteiger partial charge in [0.1, 0.15) is 0 Å². The normalized spacial score (nSPS) is 20.1. The van der Waals surface area contributed by atoms with Crippen LogP contribution in [0.25, 0.3) is 0 Å². The van der Waals surface area contributed by atoms with Gasteiger partial charge < -0.3 is 9.42 Å². The second-order valence-corrected chi connectivity index (χ2v) is 8.47. The maximum Gasteiger partial charge on any atom is 0.416 e. The van der Waals surface area contributed by atoms with Crippen LogP contribution < -0.4 is 0 Å². The van der Waals surface area contributed by atoms with Crippen molar-refractivity contribution in [3.63, 3.8) is 0 Å². The monoisotopic (exact) mass is 436 g/mol. The fraction of sp³-hybridized carbons (Fsp3) is 0.591. The van der Waals surface area contributed by atoms with E-state index in [9.17, 15) is 18.0 Å². The van der Waals surface area contributed by atoms with Crippen LogP contribution in [0.1, 0.15) is 61.4 Å². The Balaban J connectivity index is 1.35. The van der Waals surface area contributed by atoms with Crippen molar-refractivity contribution in [2.75, 3.05) is 19.6 Å². The molecular formula is C22H27F3N4O2. The summed E-state index contributed by atoms with van der Waals surface area (Å²) in [5.41, 5.74) is -0.332. The standard InChI is InChI=1S/C22H27F3N4O2/c1-15(30)29(12-10-20-26-21(31-27-20)16-6-4-7-16)18-9-11-28(14-18)13-17-5-2-3-8-19(17)22(23,24)25/h2-3,5,8,16,18H,4,6-7,9-14H2,1H3. The minimum Gasteiger partial charge on any atom is -0.339 e. The number of alkyl halides is 3. The maximum absolute atomic E-state index is 13.3. The molecule has 1 aliphatic carbocycles. The van der Waals surface area contributed by atoms with E-state index >= 15 is 0 Å². The Labute approximate surface area is 179 Å². The molecule has 2 fully saturated rings. The number of amides is 1. The number of rotatable bonds is 7. The van der Waals surface area contributed by atoms with Gasteiger partial charge in [0.05, 0.1) is 5.56 Å².